The highest BCUT2D eigenvalue weighted by Crippen LogP contribution is 2.41. The average Bonchev–Trinajstić information content (AvgIpc) is 3.48. The Bertz CT molecular complexity index is 1010. The van der Waals surface area contributed by atoms with Crippen molar-refractivity contribution in [2.45, 2.75) is 18.8 Å². The molecule has 3 aromatic rings. The first-order chi connectivity index (χ1) is 13.2. The second-order valence-electron chi connectivity index (χ2n) is 6.99. The minimum atomic E-state index is -0.328. The average molecular weight is 367 g/mol. The molecule has 1 saturated heterocycles. The first-order valence-electron chi connectivity index (χ1n) is 9.14. The molecule has 7 heteroatoms. The van der Waals surface area contributed by atoms with Crippen LogP contribution in [0, 0.1) is 5.82 Å². The van der Waals surface area contributed by atoms with E-state index in [1.54, 1.807) is 17.0 Å². The van der Waals surface area contributed by atoms with Crippen LogP contribution in [0.15, 0.2) is 34.9 Å². The molecule has 1 amide bonds. The third-order valence-electron chi connectivity index (χ3n) is 5.11. The van der Waals surface area contributed by atoms with Gasteiger partial charge in [-0.25, -0.2) is 9.37 Å². The van der Waals surface area contributed by atoms with Crippen LogP contribution in [0.3, 0.4) is 0 Å². The minimum absolute atomic E-state index is 0.0702. The molecule has 2 fully saturated rings. The van der Waals surface area contributed by atoms with Gasteiger partial charge in [0.15, 0.2) is 0 Å². The number of benzene rings is 1. The van der Waals surface area contributed by atoms with Crippen LogP contribution >= 0.6 is 0 Å². The summed E-state index contributed by atoms with van der Waals surface area (Å²) >= 11 is 0. The van der Waals surface area contributed by atoms with Crippen molar-refractivity contribution >= 4 is 17.0 Å². The molecule has 1 aliphatic heterocycles. The molecule has 0 atom stereocenters. The molecule has 138 valence electrons. The summed E-state index contributed by atoms with van der Waals surface area (Å²) in [4.78, 5) is 19.6. The third-order valence-corrected chi connectivity index (χ3v) is 5.11. The van der Waals surface area contributed by atoms with Gasteiger partial charge in [-0.2, -0.15) is 0 Å². The van der Waals surface area contributed by atoms with Crippen molar-refractivity contribution in [2.75, 3.05) is 26.3 Å². The molecule has 0 bridgehead atoms. The lowest BCUT2D eigenvalue weighted by molar-refractivity contribution is 0.0304. The summed E-state index contributed by atoms with van der Waals surface area (Å²) in [6.07, 6.45) is 2.14. The van der Waals surface area contributed by atoms with Gasteiger partial charge in [-0.1, -0.05) is 5.16 Å². The molecular formula is C20H18FN3O3. The number of nitrogens with zero attached hydrogens (tertiary/aromatic N) is 3. The van der Waals surface area contributed by atoms with Gasteiger partial charge in [0, 0.05) is 30.3 Å². The molecule has 6 nitrogen and oxygen atoms in total. The fourth-order valence-electron chi connectivity index (χ4n) is 3.47. The maximum Gasteiger partial charge on any atom is 0.259 e. The molecular weight excluding hydrogens is 349 g/mol. The Hall–Kier alpha value is -2.80. The number of fused-ring (bicyclic) bond motifs is 1. The van der Waals surface area contributed by atoms with Gasteiger partial charge < -0.3 is 14.2 Å². The second-order valence-corrected chi connectivity index (χ2v) is 6.99. The topological polar surface area (TPSA) is 68.5 Å². The van der Waals surface area contributed by atoms with Crippen LogP contribution in [0.4, 0.5) is 4.39 Å². The number of carbonyl (C=O) groups excluding carboxylic acids is 1. The van der Waals surface area contributed by atoms with Crippen LogP contribution in [0.1, 0.15) is 34.8 Å². The van der Waals surface area contributed by atoms with Crippen molar-refractivity contribution in [3.8, 4) is 11.3 Å². The maximum atomic E-state index is 13.3. The zero-order valence-electron chi connectivity index (χ0n) is 14.7. The first kappa shape index (κ1) is 16.4. The van der Waals surface area contributed by atoms with Crippen molar-refractivity contribution in [1.82, 2.24) is 15.0 Å². The summed E-state index contributed by atoms with van der Waals surface area (Å²) in [5.41, 5.74) is 2.98. The van der Waals surface area contributed by atoms with E-state index in [0.717, 1.165) is 18.5 Å². The summed E-state index contributed by atoms with van der Waals surface area (Å²) in [6.45, 7) is 2.17. The van der Waals surface area contributed by atoms with E-state index >= 15 is 0 Å². The normalized spacial score (nSPS) is 17.4. The predicted molar refractivity (Wildman–Crippen MR) is 95.9 cm³/mol. The number of halogens is 1. The molecule has 1 aromatic carbocycles. The summed E-state index contributed by atoms with van der Waals surface area (Å²) in [5, 5.41) is 4.73. The number of morpholine rings is 1. The first-order valence-corrected chi connectivity index (χ1v) is 9.14. The summed E-state index contributed by atoms with van der Waals surface area (Å²) < 4.78 is 24.2. The Morgan fingerprint density at radius 1 is 1.15 bits per heavy atom. The fourth-order valence-corrected chi connectivity index (χ4v) is 3.47. The van der Waals surface area contributed by atoms with Crippen molar-refractivity contribution in [3.05, 3.63) is 47.4 Å². The summed E-state index contributed by atoms with van der Waals surface area (Å²) in [5.74, 6) is -0.0190. The predicted octanol–water partition coefficient (Wildman–Crippen LogP) is 3.38. The lowest BCUT2D eigenvalue weighted by Crippen LogP contribution is -2.40. The molecule has 0 unspecified atom stereocenters. The van der Waals surface area contributed by atoms with Gasteiger partial charge in [0.05, 0.1) is 24.2 Å². The number of carbonyl (C=O) groups is 1. The quantitative estimate of drug-likeness (QED) is 0.710. The Morgan fingerprint density at radius 3 is 2.59 bits per heavy atom. The van der Waals surface area contributed by atoms with Crippen LogP contribution in [-0.4, -0.2) is 47.3 Å². The van der Waals surface area contributed by atoms with E-state index in [-0.39, 0.29) is 11.7 Å². The van der Waals surface area contributed by atoms with Crippen LogP contribution in [-0.2, 0) is 4.74 Å². The third kappa shape index (κ3) is 2.98. The number of ether oxygens (including phenoxy) is 1. The second kappa shape index (κ2) is 6.42. The highest BCUT2D eigenvalue weighted by molar-refractivity contribution is 6.09. The molecule has 0 spiro atoms. The number of pyridine rings is 1. The SMILES string of the molecule is O=C(c1cc(C2CC2)nc2onc(-c3ccc(F)cc3)c12)N1CCOCC1. The van der Waals surface area contributed by atoms with Crippen LogP contribution in [0.5, 0.6) is 0 Å². The lowest BCUT2D eigenvalue weighted by atomic mass is 10.0. The van der Waals surface area contributed by atoms with Crippen LogP contribution in [0.25, 0.3) is 22.4 Å². The molecule has 0 radical (unpaired) electrons. The minimum Gasteiger partial charge on any atom is -0.378 e. The van der Waals surface area contributed by atoms with E-state index in [9.17, 15) is 9.18 Å². The lowest BCUT2D eigenvalue weighted by Gasteiger charge is -2.27. The standard InChI is InChI=1S/C20H18FN3O3/c21-14-5-3-13(4-6-14)18-17-15(20(25)24-7-9-26-10-8-24)11-16(12-1-2-12)22-19(17)27-23-18/h3-6,11-12H,1-2,7-10H2. The number of rotatable bonds is 3. The number of amides is 1. The Kier molecular flexibility index (Phi) is 3.89. The van der Waals surface area contributed by atoms with E-state index in [2.05, 4.69) is 10.1 Å². The van der Waals surface area contributed by atoms with E-state index in [4.69, 9.17) is 9.26 Å². The summed E-state index contributed by atoms with van der Waals surface area (Å²) in [7, 11) is 0. The van der Waals surface area contributed by atoms with Gasteiger partial charge in [0.2, 0.25) is 0 Å². The van der Waals surface area contributed by atoms with Crippen LogP contribution < -0.4 is 0 Å². The Labute approximate surface area is 154 Å². The van der Waals surface area contributed by atoms with E-state index in [1.165, 1.54) is 12.1 Å². The Balaban J connectivity index is 1.67. The van der Waals surface area contributed by atoms with E-state index < -0.39 is 0 Å². The molecule has 1 aliphatic carbocycles. The highest BCUT2D eigenvalue weighted by atomic mass is 19.1. The molecule has 27 heavy (non-hydrogen) atoms. The zero-order chi connectivity index (χ0) is 18.4. The highest BCUT2D eigenvalue weighted by Gasteiger charge is 2.31. The van der Waals surface area contributed by atoms with Crippen LogP contribution in [0.2, 0.25) is 0 Å². The van der Waals surface area contributed by atoms with Gasteiger partial charge >= 0.3 is 0 Å². The smallest absolute Gasteiger partial charge is 0.259 e. The molecule has 1 saturated carbocycles. The van der Waals surface area contributed by atoms with Gasteiger partial charge in [0.1, 0.15) is 11.5 Å². The molecule has 3 heterocycles. The van der Waals surface area contributed by atoms with Crippen molar-refractivity contribution in [3.63, 3.8) is 0 Å². The van der Waals surface area contributed by atoms with E-state index in [0.29, 0.717) is 60.1 Å². The fraction of sp³-hybridized carbons (Fsp3) is 0.350. The van der Waals surface area contributed by atoms with Crippen molar-refractivity contribution < 1.29 is 18.4 Å². The molecule has 2 aliphatic rings. The molecule has 2 aromatic heterocycles. The number of hydrogen-bond donors (Lipinski definition) is 0. The van der Waals surface area contributed by atoms with Gasteiger partial charge in [-0.3, -0.25) is 4.79 Å². The van der Waals surface area contributed by atoms with Crippen molar-refractivity contribution in [1.29, 1.82) is 0 Å². The Morgan fingerprint density at radius 2 is 1.89 bits per heavy atom. The number of aromatic nitrogens is 2. The van der Waals surface area contributed by atoms with Gasteiger partial charge in [-0.05, 0) is 43.2 Å². The summed E-state index contributed by atoms with van der Waals surface area (Å²) in [6, 6.07) is 7.87. The molecule has 5 rings (SSSR count). The monoisotopic (exact) mass is 367 g/mol. The van der Waals surface area contributed by atoms with Gasteiger partial charge in [-0.15, -0.1) is 0 Å². The molecule has 0 N–H and O–H groups in total. The van der Waals surface area contributed by atoms with Gasteiger partial charge in [0.25, 0.3) is 11.6 Å². The maximum absolute atomic E-state index is 13.3. The van der Waals surface area contributed by atoms with Crippen molar-refractivity contribution in [2.24, 2.45) is 0 Å². The zero-order valence-corrected chi connectivity index (χ0v) is 14.7. The number of hydrogen-bond acceptors (Lipinski definition) is 5. The van der Waals surface area contributed by atoms with E-state index in [1.807, 2.05) is 6.07 Å². The largest absolute Gasteiger partial charge is 0.378 e.